The molecule has 4 nitrogen and oxygen atoms in total. The number of nitrogens with one attached hydrogen (secondary N) is 1. The zero-order chi connectivity index (χ0) is 12.1. The average molecular weight is 241 g/mol. The van der Waals surface area contributed by atoms with Crippen LogP contribution in [0.3, 0.4) is 0 Å². The molecule has 17 heavy (non-hydrogen) atoms. The third-order valence-electron chi connectivity index (χ3n) is 4.54. The van der Waals surface area contributed by atoms with Gasteiger partial charge in [0.15, 0.2) is 0 Å². The minimum Gasteiger partial charge on any atom is -0.394 e. The van der Waals surface area contributed by atoms with Gasteiger partial charge in [0.2, 0.25) is 0 Å². The number of rotatable bonds is 3. The standard InChI is InChI=1S/C13H27N3O/c1-2-15-9-4-13(12-17,5-10-15)16-8-3-6-14-7-11-16/h14,17H,2-12H2,1H3. The van der Waals surface area contributed by atoms with Crippen molar-refractivity contribution in [3.8, 4) is 0 Å². The van der Waals surface area contributed by atoms with Gasteiger partial charge in [0.05, 0.1) is 6.61 Å². The third kappa shape index (κ3) is 2.99. The molecule has 100 valence electrons. The number of hydrogen-bond donors (Lipinski definition) is 2. The van der Waals surface area contributed by atoms with E-state index in [1.54, 1.807) is 0 Å². The first-order valence-corrected chi connectivity index (χ1v) is 7.10. The maximum Gasteiger partial charge on any atom is 0.0616 e. The summed E-state index contributed by atoms with van der Waals surface area (Å²) >= 11 is 0. The van der Waals surface area contributed by atoms with Gasteiger partial charge < -0.3 is 15.3 Å². The Hall–Kier alpha value is -0.160. The van der Waals surface area contributed by atoms with Gasteiger partial charge >= 0.3 is 0 Å². The van der Waals surface area contributed by atoms with Crippen molar-refractivity contribution in [2.24, 2.45) is 0 Å². The molecular weight excluding hydrogens is 214 g/mol. The first kappa shape index (κ1) is 13.3. The molecule has 2 aliphatic heterocycles. The largest absolute Gasteiger partial charge is 0.394 e. The lowest BCUT2D eigenvalue weighted by atomic mass is 9.86. The average Bonchev–Trinajstić information content (AvgIpc) is 2.68. The van der Waals surface area contributed by atoms with Crippen LogP contribution in [0.15, 0.2) is 0 Å². The molecule has 2 aliphatic rings. The lowest BCUT2D eigenvalue weighted by molar-refractivity contribution is -0.0151. The number of hydrogen-bond acceptors (Lipinski definition) is 4. The highest BCUT2D eigenvalue weighted by molar-refractivity contribution is 4.95. The number of likely N-dealkylation sites (tertiary alicyclic amines) is 1. The Kier molecular flexibility index (Phi) is 4.79. The lowest BCUT2D eigenvalue weighted by Gasteiger charge is -2.47. The molecule has 0 atom stereocenters. The fourth-order valence-electron chi connectivity index (χ4n) is 3.18. The Morgan fingerprint density at radius 3 is 2.53 bits per heavy atom. The molecule has 2 N–H and O–H groups in total. The van der Waals surface area contributed by atoms with Gasteiger partial charge in [-0.25, -0.2) is 0 Å². The summed E-state index contributed by atoms with van der Waals surface area (Å²) in [7, 11) is 0. The van der Waals surface area contributed by atoms with Gasteiger partial charge in [0.25, 0.3) is 0 Å². The molecule has 2 heterocycles. The molecule has 2 saturated heterocycles. The van der Waals surface area contributed by atoms with Crippen LogP contribution in [0.5, 0.6) is 0 Å². The Morgan fingerprint density at radius 1 is 1.12 bits per heavy atom. The maximum atomic E-state index is 9.86. The molecule has 4 heteroatoms. The van der Waals surface area contributed by atoms with E-state index in [2.05, 4.69) is 22.0 Å². The van der Waals surface area contributed by atoms with Crippen molar-refractivity contribution in [2.45, 2.75) is 31.7 Å². The molecule has 0 aromatic heterocycles. The molecule has 0 aliphatic carbocycles. The van der Waals surface area contributed by atoms with Gasteiger partial charge in [-0.1, -0.05) is 6.92 Å². The Labute approximate surface area is 105 Å². The molecule has 2 rings (SSSR count). The summed E-state index contributed by atoms with van der Waals surface area (Å²) in [5, 5.41) is 13.3. The van der Waals surface area contributed by atoms with E-state index in [0.29, 0.717) is 6.61 Å². The second-order valence-electron chi connectivity index (χ2n) is 5.41. The van der Waals surface area contributed by atoms with E-state index in [1.807, 2.05) is 0 Å². The molecule has 0 radical (unpaired) electrons. The van der Waals surface area contributed by atoms with Crippen LogP contribution in [0.4, 0.5) is 0 Å². The molecule has 0 aromatic carbocycles. The molecule has 0 unspecified atom stereocenters. The summed E-state index contributed by atoms with van der Waals surface area (Å²) in [5.41, 5.74) is 0.0672. The minimum atomic E-state index is 0.0672. The van der Waals surface area contributed by atoms with Crippen LogP contribution < -0.4 is 5.32 Å². The van der Waals surface area contributed by atoms with Crippen molar-refractivity contribution >= 4 is 0 Å². The SMILES string of the molecule is CCN1CCC(CO)(N2CCCNCC2)CC1. The fourth-order valence-corrected chi connectivity index (χ4v) is 3.18. The summed E-state index contributed by atoms with van der Waals surface area (Å²) < 4.78 is 0. The number of aliphatic hydroxyl groups excluding tert-OH is 1. The Morgan fingerprint density at radius 2 is 1.88 bits per heavy atom. The van der Waals surface area contributed by atoms with Gasteiger partial charge in [-0.2, -0.15) is 0 Å². The number of piperidine rings is 1. The van der Waals surface area contributed by atoms with Crippen molar-refractivity contribution in [1.29, 1.82) is 0 Å². The van der Waals surface area contributed by atoms with E-state index in [9.17, 15) is 5.11 Å². The van der Waals surface area contributed by atoms with E-state index in [0.717, 1.165) is 58.7 Å². The topological polar surface area (TPSA) is 38.7 Å². The second kappa shape index (κ2) is 6.14. The van der Waals surface area contributed by atoms with Gasteiger partial charge in [-0.15, -0.1) is 0 Å². The summed E-state index contributed by atoms with van der Waals surface area (Å²) in [4.78, 5) is 5.03. The normalized spacial score (nSPS) is 27.9. The Balaban J connectivity index is 1.98. The van der Waals surface area contributed by atoms with Crippen molar-refractivity contribution in [3.05, 3.63) is 0 Å². The molecule has 0 saturated carbocycles. The molecule has 2 fully saturated rings. The quantitative estimate of drug-likeness (QED) is 0.737. The molecule has 0 aromatic rings. The van der Waals surface area contributed by atoms with Crippen molar-refractivity contribution < 1.29 is 5.11 Å². The monoisotopic (exact) mass is 241 g/mol. The van der Waals surface area contributed by atoms with Gasteiger partial charge in [0.1, 0.15) is 0 Å². The molecule has 0 bridgehead atoms. The zero-order valence-corrected chi connectivity index (χ0v) is 11.1. The predicted octanol–water partition coefficient (Wildman–Crippen LogP) is 0.129. The number of nitrogens with zero attached hydrogens (tertiary/aromatic N) is 2. The first-order valence-electron chi connectivity index (χ1n) is 7.10. The Bertz CT molecular complexity index is 219. The lowest BCUT2D eigenvalue weighted by Crippen LogP contribution is -2.58. The van der Waals surface area contributed by atoms with Crippen molar-refractivity contribution in [2.75, 3.05) is 52.4 Å². The van der Waals surface area contributed by atoms with E-state index in [4.69, 9.17) is 0 Å². The van der Waals surface area contributed by atoms with Gasteiger partial charge in [0, 0.05) is 25.2 Å². The van der Waals surface area contributed by atoms with E-state index >= 15 is 0 Å². The van der Waals surface area contributed by atoms with Crippen LogP contribution in [0.1, 0.15) is 26.2 Å². The van der Waals surface area contributed by atoms with Gasteiger partial charge in [-0.3, -0.25) is 4.90 Å². The molecule has 0 spiro atoms. The van der Waals surface area contributed by atoms with E-state index < -0.39 is 0 Å². The maximum absolute atomic E-state index is 9.86. The zero-order valence-electron chi connectivity index (χ0n) is 11.1. The predicted molar refractivity (Wildman–Crippen MR) is 70.2 cm³/mol. The number of aliphatic hydroxyl groups is 1. The van der Waals surface area contributed by atoms with Crippen molar-refractivity contribution in [1.82, 2.24) is 15.1 Å². The van der Waals surface area contributed by atoms with E-state index in [1.165, 1.54) is 6.42 Å². The fraction of sp³-hybridized carbons (Fsp3) is 1.00. The molecule has 0 amide bonds. The van der Waals surface area contributed by atoms with Crippen LogP contribution in [0, 0.1) is 0 Å². The summed E-state index contributed by atoms with van der Waals surface area (Å²) in [5.74, 6) is 0. The highest BCUT2D eigenvalue weighted by Crippen LogP contribution is 2.29. The third-order valence-corrected chi connectivity index (χ3v) is 4.54. The minimum absolute atomic E-state index is 0.0672. The first-order chi connectivity index (χ1) is 8.30. The second-order valence-corrected chi connectivity index (χ2v) is 5.41. The van der Waals surface area contributed by atoms with Crippen LogP contribution in [0.25, 0.3) is 0 Å². The highest BCUT2D eigenvalue weighted by atomic mass is 16.3. The van der Waals surface area contributed by atoms with Crippen LogP contribution in [0.2, 0.25) is 0 Å². The summed E-state index contributed by atoms with van der Waals surface area (Å²) in [6.45, 7) is 10.4. The van der Waals surface area contributed by atoms with Gasteiger partial charge in [-0.05, 0) is 45.4 Å². The van der Waals surface area contributed by atoms with Crippen LogP contribution in [-0.2, 0) is 0 Å². The van der Waals surface area contributed by atoms with Crippen molar-refractivity contribution in [3.63, 3.8) is 0 Å². The van der Waals surface area contributed by atoms with Crippen LogP contribution in [-0.4, -0.2) is 72.9 Å². The molecular formula is C13H27N3O. The summed E-state index contributed by atoms with van der Waals surface area (Å²) in [6.07, 6.45) is 3.45. The highest BCUT2D eigenvalue weighted by Gasteiger charge is 2.38. The van der Waals surface area contributed by atoms with E-state index in [-0.39, 0.29) is 5.54 Å². The smallest absolute Gasteiger partial charge is 0.0616 e. The van der Waals surface area contributed by atoms with Crippen LogP contribution >= 0.6 is 0 Å². The summed E-state index contributed by atoms with van der Waals surface area (Å²) in [6, 6.07) is 0.